The molecule has 1 heterocycles. The molecule has 0 saturated carbocycles. The molecule has 1 aromatic heterocycles. The number of hydrogen-bond acceptors (Lipinski definition) is 5. The lowest BCUT2D eigenvalue weighted by molar-refractivity contribution is 0.0631. The van der Waals surface area contributed by atoms with E-state index in [0.29, 0.717) is 0 Å². The Kier molecular flexibility index (Phi) is 2.32. The maximum absolute atomic E-state index is 10.8. The van der Waals surface area contributed by atoms with Gasteiger partial charge in [0.1, 0.15) is 0 Å². The molecule has 0 saturated heterocycles. The monoisotopic (exact) mass is 167 g/mol. The normalized spacial score (nSPS) is 9.00. The van der Waals surface area contributed by atoms with Crippen LogP contribution in [0.4, 0.5) is 4.79 Å². The number of ether oxygens (including phenoxy) is 1. The van der Waals surface area contributed by atoms with Crippen molar-refractivity contribution in [3.8, 4) is 0 Å². The molecular formula is C6H5N3O3. The van der Waals surface area contributed by atoms with E-state index in [-0.39, 0.29) is 5.69 Å². The quantitative estimate of drug-likeness (QED) is 0.458. The number of nitrogens with zero attached hydrogens (tertiary/aromatic N) is 2. The van der Waals surface area contributed by atoms with Crippen molar-refractivity contribution in [2.75, 3.05) is 0 Å². The summed E-state index contributed by atoms with van der Waals surface area (Å²) in [5.41, 5.74) is 4.54. The summed E-state index contributed by atoms with van der Waals surface area (Å²) >= 11 is 0. The average molecular weight is 167 g/mol. The largest absolute Gasteiger partial charge is 0.412 e. The minimum atomic E-state index is -1.16. The lowest BCUT2D eigenvalue weighted by atomic mass is 10.4. The van der Waals surface area contributed by atoms with E-state index in [0.717, 1.165) is 0 Å². The zero-order valence-corrected chi connectivity index (χ0v) is 5.93. The molecule has 1 amide bonds. The highest BCUT2D eigenvalue weighted by molar-refractivity contribution is 5.94. The first-order chi connectivity index (χ1) is 5.70. The summed E-state index contributed by atoms with van der Waals surface area (Å²) in [5, 5.41) is 6.81. The van der Waals surface area contributed by atoms with Crippen LogP contribution >= 0.6 is 0 Å². The molecule has 0 aromatic carbocycles. The van der Waals surface area contributed by atoms with Crippen molar-refractivity contribution in [3.05, 3.63) is 24.0 Å². The Morgan fingerprint density at radius 1 is 1.50 bits per heavy atom. The maximum Gasteiger partial charge on any atom is 0.412 e. The molecule has 0 aliphatic heterocycles. The Hall–Kier alpha value is -1.98. The van der Waals surface area contributed by atoms with Crippen molar-refractivity contribution < 1.29 is 14.3 Å². The highest BCUT2D eigenvalue weighted by Gasteiger charge is 2.10. The average Bonchev–Trinajstić information content (AvgIpc) is 2.05. The van der Waals surface area contributed by atoms with Crippen LogP contribution in [0.5, 0.6) is 0 Å². The number of hydrogen-bond donors (Lipinski definition) is 1. The second-order valence-corrected chi connectivity index (χ2v) is 1.82. The van der Waals surface area contributed by atoms with Crippen LogP contribution in [0.25, 0.3) is 0 Å². The molecule has 0 fully saturated rings. The summed E-state index contributed by atoms with van der Waals surface area (Å²) in [6.45, 7) is 0. The van der Waals surface area contributed by atoms with Crippen molar-refractivity contribution in [1.82, 2.24) is 10.2 Å². The molecule has 0 aliphatic carbocycles. The minimum absolute atomic E-state index is 0.0590. The molecule has 1 aromatic rings. The Morgan fingerprint density at radius 3 is 2.75 bits per heavy atom. The van der Waals surface area contributed by atoms with Crippen LogP contribution in [0.3, 0.4) is 0 Å². The molecule has 62 valence electrons. The number of rotatable bonds is 1. The van der Waals surface area contributed by atoms with Gasteiger partial charge in [0.2, 0.25) is 0 Å². The molecule has 0 unspecified atom stereocenters. The van der Waals surface area contributed by atoms with Crippen LogP contribution in [0.2, 0.25) is 0 Å². The van der Waals surface area contributed by atoms with Crippen LogP contribution in [0.15, 0.2) is 18.3 Å². The first-order valence-electron chi connectivity index (χ1n) is 2.99. The van der Waals surface area contributed by atoms with Gasteiger partial charge >= 0.3 is 12.1 Å². The molecular weight excluding hydrogens is 162 g/mol. The molecule has 6 heteroatoms. The van der Waals surface area contributed by atoms with E-state index in [1.807, 2.05) is 0 Å². The molecule has 0 radical (unpaired) electrons. The Morgan fingerprint density at radius 2 is 2.25 bits per heavy atom. The van der Waals surface area contributed by atoms with E-state index < -0.39 is 12.1 Å². The molecule has 0 aliphatic rings. The van der Waals surface area contributed by atoms with Gasteiger partial charge in [-0.15, -0.1) is 5.10 Å². The molecule has 1 rings (SSSR count). The first-order valence-corrected chi connectivity index (χ1v) is 2.99. The van der Waals surface area contributed by atoms with Crippen molar-refractivity contribution in [1.29, 1.82) is 0 Å². The fraction of sp³-hybridized carbons (Fsp3) is 0. The van der Waals surface area contributed by atoms with Gasteiger partial charge in [-0.05, 0) is 12.1 Å². The molecule has 0 spiro atoms. The number of aromatic nitrogens is 2. The Labute approximate surface area is 67.3 Å². The third kappa shape index (κ3) is 2.01. The fourth-order valence-corrected chi connectivity index (χ4v) is 0.554. The first kappa shape index (κ1) is 8.12. The number of primary amides is 1. The summed E-state index contributed by atoms with van der Waals surface area (Å²) in [7, 11) is 0. The van der Waals surface area contributed by atoms with Crippen molar-refractivity contribution >= 4 is 12.1 Å². The van der Waals surface area contributed by atoms with Crippen molar-refractivity contribution in [2.24, 2.45) is 5.73 Å². The van der Waals surface area contributed by atoms with E-state index in [9.17, 15) is 9.59 Å². The van der Waals surface area contributed by atoms with Gasteiger partial charge in [-0.2, -0.15) is 5.10 Å². The smallest absolute Gasteiger partial charge is 0.371 e. The summed E-state index contributed by atoms with van der Waals surface area (Å²) in [6.07, 6.45) is 0.228. The second-order valence-electron chi connectivity index (χ2n) is 1.82. The second kappa shape index (κ2) is 3.42. The van der Waals surface area contributed by atoms with Crippen molar-refractivity contribution in [3.63, 3.8) is 0 Å². The van der Waals surface area contributed by atoms with Crippen LogP contribution in [0.1, 0.15) is 10.5 Å². The van der Waals surface area contributed by atoms with E-state index in [2.05, 4.69) is 20.7 Å². The lowest BCUT2D eigenvalue weighted by Crippen LogP contribution is -2.19. The SMILES string of the molecule is NC(=O)OC(=O)c1cccnn1. The van der Waals surface area contributed by atoms with E-state index in [4.69, 9.17) is 0 Å². The third-order valence-electron chi connectivity index (χ3n) is 0.975. The molecule has 12 heavy (non-hydrogen) atoms. The fourth-order valence-electron chi connectivity index (χ4n) is 0.554. The molecule has 2 N–H and O–H groups in total. The van der Waals surface area contributed by atoms with Gasteiger partial charge in [0.05, 0.1) is 0 Å². The molecule has 6 nitrogen and oxygen atoms in total. The number of esters is 1. The van der Waals surface area contributed by atoms with Crippen LogP contribution < -0.4 is 5.73 Å². The zero-order valence-electron chi connectivity index (χ0n) is 5.93. The highest BCUT2D eigenvalue weighted by atomic mass is 16.6. The molecule has 0 atom stereocenters. The standard InChI is InChI=1S/C6H5N3O3/c7-6(11)12-5(10)4-2-1-3-8-9-4/h1-3H,(H2,7,11). The molecule has 0 bridgehead atoms. The van der Waals surface area contributed by atoms with Gasteiger partial charge in [-0.1, -0.05) is 0 Å². The minimum Gasteiger partial charge on any atom is -0.371 e. The number of carbonyl (C=O) groups is 2. The van der Waals surface area contributed by atoms with Crippen molar-refractivity contribution in [2.45, 2.75) is 0 Å². The maximum atomic E-state index is 10.8. The highest BCUT2D eigenvalue weighted by Crippen LogP contribution is 1.93. The number of amides is 1. The zero-order chi connectivity index (χ0) is 8.97. The van der Waals surface area contributed by atoms with Crippen LogP contribution in [-0.2, 0) is 4.74 Å². The third-order valence-corrected chi connectivity index (χ3v) is 0.975. The van der Waals surface area contributed by atoms with Gasteiger partial charge in [-0.25, -0.2) is 9.59 Å². The van der Waals surface area contributed by atoms with E-state index in [1.54, 1.807) is 0 Å². The summed E-state index contributed by atoms with van der Waals surface area (Å²) in [5.74, 6) is -0.907. The predicted molar refractivity (Wildman–Crippen MR) is 37.0 cm³/mol. The van der Waals surface area contributed by atoms with Crippen LogP contribution in [0, 0.1) is 0 Å². The predicted octanol–water partition coefficient (Wildman–Crippen LogP) is -0.288. The Balaban J connectivity index is 2.73. The number of carbonyl (C=O) groups excluding carboxylic acids is 2. The number of nitrogens with two attached hydrogens (primary N) is 1. The van der Waals surface area contributed by atoms with Gasteiger partial charge in [0.15, 0.2) is 5.69 Å². The van der Waals surface area contributed by atoms with E-state index >= 15 is 0 Å². The lowest BCUT2D eigenvalue weighted by Gasteiger charge is -1.95. The summed E-state index contributed by atoms with van der Waals surface area (Å²) < 4.78 is 4.03. The van der Waals surface area contributed by atoms with Crippen LogP contribution in [-0.4, -0.2) is 22.3 Å². The summed E-state index contributed by atoms with van der Waals surface area (Å²) in [6, 6.07) is 2.85. The Bertz CT molecular complexity index is 298. The van der Waals surface area contributed by atoms with Gasteiger partial charge < -0.3 is 10.5 Å². The van der Waals surface area contributed by atoms with Gasteiger partial charge in [0.25, 0.3) is 0 Å². The summed E-state index contributed by atoms with van der Waals surface area (Å²) in [4.78, 5) is 20.9. The van der Waals surface area contributed by atoms with E-state index in [1.165, 1.54) is 18.3 Å². The topological polar surface area (TPSA) is 95.2 Å². The van der Waals surface area contributed by atoms with Gasteiger partial charge in [0, 0.05) is 6.20 Å². The van der Waals surface area contributed by atoms with Gasteiger partial charge in [-0.3, -0.25) is 0 Å².